The quantitative estimate of drug-likeness (QED) is 0.663. The molecule has 4 bridgehead atoms. The average Bonchev–Trinajstić information content (AvgIpc) is 2.66. The van der Waals surface area contributed by atoms with E-state index in [9.17, 15) is 9.59 Å². The Balaban J connectivity index is 1.49. The molecule has 1 heterocycles. The summed E-state index contributed by atoms with van der Waals surface area (Å²) in [6, 6.07) is 7.54. The number of aromatic nitrogens is 2. The first kappa shape index (κ1) is 20.7. The molecule has 0 saturated heterocycles. The van der Waals surface area contributed by atoms with Crippen LogP contribution in [0.2, 0.25) is 0 Å². The van der Waals surface area contributed by atoms with Crippen molar-refractivity contribution in [2.45, 2.75) is 90.6 Å². The minimum atomic E-state index is -0.283. The summed E-state index contributed by atoms with van der Waals surface area (Å²) in [7, 11) is 0. The number of amides is 1. The SMILES string of the molecule is CCCCCn1nc(C(=O)NC23CC4CC(C)(CC(C)(C4)C2)C3)c(=O)c2ccccc21. The number of benzene rings is 1. The first-order valence-corrected chi connectivity index (χ1v) is 12.1. The molecular formula is C26H35N3O2. The Morgan fingerprint density at radius 1 is 1.10 bits per heavy atom. The van der Waals surface area contributed by atoms with Crippen LogP contribution in [0.4, 0.5) is 0 Å². The fourth-order valence-electron chi connectivity index (χ4n) is 7.96. The molecule has 0 aliphatic heterocycles. The molecular weight excluding hydrogens is 386 g/mol. The van der Waals surface area contributed by atoms with E-state index in [4.69, 9.17) is 0 Å². The number of aryl methyl sites for hydroxylation is 1. The van der Waals surface area contributed by atoms with E-state index < -0.39 is 0 Å². The van der Waals surface area contributed by atoms with Gasteiger partial charge in [-0.15, -0.1) is 0 Å². The Morgan fingerprint density at radius 2 is 1.81 bits per heavy atom. The highest BCUT2D eigenvalue weighted by Gasteiger charge is 2.60. The molecule has 1 N–H and O–H groups in total. The number of hydrogen-bond donors (Lipinski definition) is 1. The van der Waals surface area contributed by atoms with Crippen LogP contribution < -0.4 is 10.7 Å². The number of para-hydroxylation sites is 1. The third-order valence-corrected chi connectivity index (χ3v) is 8.06. The van der Waals surface area contributed by atoms with Gasteiger partial charge in [0, 0.05) is 17.5 Å². The van der Waals surface area contributed by atoms with Crippen molar-refractivity contribution in [1.82, 2.24) is 15.1 Å². The lowest BCUT2D eigenvalue weighted by Crippen LogP contribution is -2.65. The second-order valence-electron chi connectivity index (χ2n) is 11.5. The van der Waals surface area contributed by atoms with E-state index in [0.29, 0.717) is 22.1 Å². The number of carbonyl (C=O) groups excluding carboxylic acids is 1. The van der Waals surface area contributed by atoms with E-state index in [0.717, 1.165) is 50.6 Å². The van der Waals surface area contributed by atoms with E-state index >= 15 is 0 Å². The van der Waals surface area contributed by atoms with Gasteiger partial charge < -0.3 is 5.32 Å². The van der Waals surface area contributed by atoms with Crippen molar-refractivity contribution in [3.8, 4) is 0 Å². The maximum atomic E-state index is 13.5. The summed E-state index contributed by atoms with van der Waals surface area (Å²) in [6.07, 6.45) is 10.1. The fraction of sp³-hybridized carbons (Fsp3) is 0.654. The monoisotopic (exact) mass is 421 g/mol. The third kappa shape index (κ3) is 3.60. The van der Waals surface area contributed by atoms with Crippen LogP contribution in [0, 0.1) is 16.7 Å². The predicted octanol–water partition coefficient (Wildman–Crippen LogP) is 5.07. The van der Waals surface area contributed by atoms with Crippen LogP contribution in [0.25, 0.3) is 10.9 Å². The van der Waals surface area contributed by atoms with Crippen LogP contribution in [-0.2, 0) is 6.54 Å². The molecule has 1 aromatic heterocycles. The molecule has 6 rings (SSSR count). The summed E-state index contributed by atoms with van der Waals surface area (Å²) in [5.41, 5.74) is 1.04. The van der Waals surface area contributed by atoms with Gasteiger partial charge in [-0.05, 0) is 73.8 Å². The molecule has 5 nitrogen and oxygen atoms in total. The van der Waals surface area contributed by atoms with Crippen molar-refractivity contribution in [1.29, 1.82) is 0 Å². The summed E-state index contributed by atoms with van der Waals surface area (Å²) in [5, 5.41) is 8.56. The molecule has 5 heteroatoms. The van der Waals surface area contributed by atoms with Crippen LogP contribution in [0.1, 0.15) is 89.0 Å². The second kappa shape index (κ2) is 7.18. The van der Waals surface area contributed by atoms with E-state index in [1.807, 2.05) is 28.9 Å². The van der Waals surface area contributed by atoms with Crippen LogP contribution >= 0.6 is 0 Å². The number of carbonyl (C=O) groups is 1. The molecule has 0 spiro atoms. The van der Waals surface area contributed by atoms with Gasteiger partial charge in [0.2, 0.25) is 5.43 Å². The Morgan fingerprint density at radius 3 is 2.48 bits per heavy atom. The summed E-state index contributed by atoms with van der Waals surface area (Å²) in [4.78, 5) is 26.7. The third-order valence-electron chi connectivity index (χ3n) is 8.06. The molecule has 4 saturated carbocycles. The topological polar surface area (TPSA) is 64.0 Å². The van der Waals surface area contributed by atoms with Gasteiger partial charge in [0.25, 0.3) is 5.91 Å². The zero-order chi connectivity index (χ0) is 21.9. The molecule has 2 atom stereocenters. The largest absolute Gasteiger partial charge is 0.345 e. The Hall–Kier alpha value is -2.17. The highest BCUT2D eigenvalue weighted by molar-refractivity contribution is 5.95. The van der Waals surface area contributed by atoms with Gasteiger partial charge in [-0.25, -0.2) is 0 Å². The van der Waals surface area contributed by atoms with Crippen molar-refractivity contribution in [2.24, 2.45) is 16.7 Å². The summed E-state index contributed by atoms with van der Waals surface area (Å²) >= 11 is 0. The molecule has 1 amide bonds. The minimum absolute atomic E-state index is 0.0567. The number of fused-ring (bicyclic) bond motifs is 1. The molecule has 0 radical (unpaired) electrons. The first-order valence-electron chi connectivity index (χ1n) is 12.1. The summed E-state index contributed by atoms with van der Waals surface area (Å²) < 4.78 is 1.86. The number of nitrogens with one attached hydrogen (secondary N) is 1. The molecule has 1 aromatic carbocycles. The summed E-state index contributed by atoms with van der Waals surface area (Å²) in [6.45, 7) is 7.68. The zero-order valence-electron chi connectivity index (χ0n) is 19.2. The zero-order valence-corrected chi connectivity index (χ0v) is 19.2. The number of hydrogen-bond acceptors (Lipinski definition) is 3. The molecule has 4 aliphatic carbocycles. The molecule has 4 fully saturated rings. The molecule has 4 aliphatic rings. The van der Waals surface area contributed by atoms with Gasteiger partial charge in [-0.3, -0.25) is 14.3 Å². The lowest BCUT2D eigenvalue weighted by Gasteiger charge is -2.65. The number of rotatable bonds is 6. The van der Waals surface area contributed by atoms with Gasteiger partial charge in [0.15, 0.2) is 5.69 Å². The number of nitrogens with zero attached hydrogens (tertiary/aromatic N) is 2. The summed E-state index contributed by atoms with van der Waals surface area (Å²) in [5.74, 6) is 0.399. The lowest BCUT2D eigenvalue weighted by atomic mass is 9.43. The maximum absolute atomic E-state index is 13.5. The van der Waals surface area contributed by atoms with Crippen LogP contribution in [0.3, 0.4) is 0 Å². The van der Waals surface area contributed by atoms with Crippen molar-refractivity contribution >= 4 is 16.8 Å². The smallest absolute Gasteiger partial charge is 0.276 e. The average molecular weight is 422 g/mol. The maximum Gasteiger partial charge on any atom is 0.276 e. The van der Waals surface area contributed by atoms with Gasteiger partial charge in [-0.2, -0.15) is 5.10 Å². The van der Waals surface area contributed by atoms with Crippen molar-refractivity contribution in [3.05, 3.63) is 40.2 Å². The Labute approximate surface area is 184 Å². The van der Waals surface area contributed by atoms with Gasteiger partial charge >= 0.3 is 0 Å². The van der Waals surface area contributed by atoms with E-state index in [1.54, 1.807) is 0 Å². The predicted molar refractivity (Wildman–Crippen MR) is 123 cm³/mol. The van der Waals surface area contributed by atoms with Crippen molar-refractivity contribution in [2.75, 3.05) is 0 Å². The standard InChI is InChI=1S/C26H35N3O2/c1-4-5-8-11-29-20-10-7-6-9-19(20)22(30)21(28-29)23(31)27-26-14-18-12-24(2,16-26)15-25(3,13-18)17-26/h6-7,9-10,18H,4-5,8,11-17H2,1-3H3,(H,27,31). The molecule has 2 aromatic rings. The normalized spacial score (nSPS) is 33.7. The number of unbranched alkanes of at least 4 members (excludes halogenated alkanes) is 2. The fourth-order valence-corrected chi connectivity index (χ4v) is 7.96. The van der Waals surface area contributed by atoms with Gasteiger partial charge in [-0.1, -0.05) is 45.7 Å². The lowest BCUT2D eigenvalue weighted by molar-refractivity contribution is -0.114. The highest BCUT2D eigenvalue weighted by atomic mass is 16.2. The van der Waals surface area contributed by atoms with Crippen molar-refractivity contribution < 1.29 is 4.79 Å². The van der Waals surface area contributed by atoms with Crippen LogP contribution in [0.5, 0.6) is 0 Å². The van der Waals surface area contributed by atoms with E-state index in [1.165, 1.54) is 19.3 Å². The molecule has 166 valence electrons. The van der Waals surface area contributed by atoms with E-state index in [-0.39, 0.29) is 22.6 Å². The second-order valence-corrected chi connectivity index (χ2v) is 11.5. The minimum Gasteiger partial charge on any atom is -0.345 e. The van der Waals surface area contributed by atoms with Crippen LogP contribution in [0.15, 0.2) is 29.1 Å². The van der Waals surface area contributed by atoms with Crippen LogP contribution in [-0.4, -0.2) is 21.2 Å². The highest BCUT2D eigenvalue weighted by Crippen LogP contribution is 2.66. The van der Waals surface area contributed by atoms with Gasteiger partial charge in [0.05, 0.1) is 5.52 Å². The Bertz CT molecular complexity index is 1070. The van der Waals surface area contributed by atoms with Gasteiger partial charge in [0.1, 0.15) is 0 Å². The molecule has 2 unspecified atom stereocenters. The molecule has 31 heavy (non-hydrogen) atoms. The van der Waals surface area contributed by atoms with E-state index in [2.05, 4.69) is 31.2 Å². The first-order chi connectivity index (χ1) is 14.7. The Kier molecular flexibility index (Phi) is 4.80. The van der Waals surface area contributed by atoms with Crippen molar-refractivity contribution in [3.63, 3.8) is 0 Å².